The van der Waals surface area contributed by atoms with Crippen molar-refractivity contribution in [2.75, 3.05) is 13.7 Å². The number of ether oxygens (including phenoxy) is 2. The maximum Gasteiger partial charge on any atom is 0.126 e. The van der Waals surface area contributed by atoms with Crippen LogP contribution in [0, 0.1) is 11.6 Å². The van der Waals surface area contributed by atoms with Gasteiger partial charge in [-0.25, -0.2) is 8.78 Å². The highest BCUT2D eigenvalue weighted by molar-refractivity contribution is 5.22. The third kappa shape index (κ3) is 6.28. The Labute approximate surface area is 177 Å². The van der Waals surface area contributed by atoms with Crippen molar-refractivity contribution in [1.82, 2.24) is 10.6 Å². The van der Waals surface area contributed by atoms with Crippen LogP contribution in [0.5, 0.6) is 5.75 Å². The zero-order valence-corrected chi connectivity index (χ0v) is 17.5. The first-order valence-corrected chi connectivity index (χ1v) is 10.3. The Kier molecular flexibility index (Phi) is 7.82. The largest absolute Gasteiger partial charge is 0.490 e. The van der Waals surface area contributed by atoms with Crippen molar-refractivity contribution in [2.24, 2.45) is 0 Å². The number of nitrogens with one attached hydrogen (secondary N) is 2. The van der Waals surface area contributed by atoms with E-state index >= 15 is 0 Å². The predicted molar refractivity (Wildman–Crippen MR) is 114 cm³/mol. The fraction of sp³-hybridized carbons (Fsp3) is 0.417. The van der Waals surface area contributed by atoms with Gasteiger partial charge in [-0.05, 0) is 56.1 Å². The SMILES string of the molecule is C=C(C)NC(Cc1cc(F)cc(F)c1)C(OC)C1CC(Oc2ccccc2)CCN1. The summed E-state index contributed by atoms with van der Waals surface area (Å²) in [6.07, 6.45) is 1.89. The lowest BCUT2D eigenvalue weighted by Crippen LogP contribution is -2.56. The molecule has 1 aliphatic rings. The van der Waals surface area contributed by atoms with E-state index in [4.69, 9.17) is 9.47 Å². The van der Waals surface area contributed by atoms with Crippen LogP contribution in [0.4, 0.5) is 8.78 Å². The summed E-state index contributed by atoms with van der Waals surface area (Å²) in [5, 5.41) is 6.86. The molecule has 162 valence electrons. The van der Waals surface area contributed by atoms with Crippen molar-refractivity contribution >= 4 is 0 Å². The Hall–Kier alpha value is -2.44. The lowest BCUT2D eigenvalue weighted by Gasteiger charge is -2.39. The molecule has 4 unspecified atom stereocenters. The maximum atomic E-state index is 13.7. The molecule has 1 saturated heterocycles. The van der Waals surface area contributed by atoms with Crippen molar-refractivity contribution in [3.05, 3.63) is 78.0 Å². The van der Waals surface area contributed by atoms with E-state index in [1.54, 1.807) is 7.11 Å². The molecule has 2 N–H and O–H groups in total. The van der Waals surface area contributed by atoms with Gasteiger partial charge in [0.05, 0.1) is 12.1 Å². The summed E-state index contributed by atoms with van der Waals surface area (Å²) in [5.74, 6) is -0.315. The van der Waals surface area contributed by atoms with Gasteiger partial charge in [-0.2, -0.15) is 0 Å². The van der Waals surface area contributed by atoms with Crippen LogP contribution in [0.15, 0.2) is 60.8 Å². The smallest absolute Gasteiger partial charge is 0.126 e. The van der Waals surface area contributed by atoms with Crippen LogP contribution in [0.3, 0.4) is 0 Å². The summed E-state index contributed by atoms with van der Waals surface area (Å²) in [6, 6.07) is 13.2. The summed E-state index contributed by atoms with van der Waals surface area (Å²) >= 11 is 0. The molecule has 1 heterocycles. The van der Waals surface area contributed by atoms with Gasteiger partial charge >= 0.3 is 0 Å². The normalized spacial score (nSPS) is 20.9. The van der Waals surface area contributed by atoms with Crippen molar-refractivity contribution in [1.29, 1.82) is 0 Å². The number of hydrogen-bond donors (Lipinski definition) is 2. The minimum absolute atomic E-state index is 0.0210. The molecular formula is C24H30F2N2O2. The lowest BCUT2D eigenvalue weighted by atomic mass is 9.90. The highest BCUT2D eigenvalue weighted by atomic mass is 19.1. The summed E-state index contributed by atoms with van der Waals surface area (Å²) < 4.78 is 39.4. The van der Waals surface area contributed by atoms with Crippen molar-refractivity contribution in [3.63, 3.8) is 0 Å². The van der Waals surface area contributed by atoms with Crippen molar-refractivity contribution < 1.29 is 18.3 Å². The van der Waals surface area contributed by atoms with E-state index in [-0.39, 0.29) is 24.3 Å². The minimum Gasteiger partial charge on any atom is -0.490 e. The molecule has 4 atom stereocenters. The molecular weight excluding hydrogens is 386 g/mol. The second kappa shape index (κ2) is 10.5. The van der Waals surface area contributed by atoms with Crippen LogP contribution in [0.2, 0.25) is 0 Å². The molecule has 3 rings (SSSR count). The average Bonchev–Trinajstić information content (AvgIpc) is 2.68. The molecule has 2 aromatic rings. The summed E-state index contributed by atoms with van der Waals surface area (Å²) in [6.45, 7) is 6.61. The van der Waals surface area contributed by atoms with E-state index < -0.39 is 11.6 Å². The number of halogens is 2. The van der Waals surface area contributed by atoms with Crippen LogP contribution >= 0.6 is 0 Å². The molecule has 6 heteroatoms. The molecule has 0 radical (unpaired) electrons. The van der Waals surface area contributed by atoms with Gasteiger partial charge in [0.1, 0.15) is 23.5 Å². The van der Waals surface area contributed by atoms with Gasteiger partial charge in [0.25, 0.3) is 0 Å². The third-order valence-electron chi connectivity index (χ3n) is 5.31. The number of allylic oxidation sites excluding steroid dienone is 1. The van der Waals surface area contributed by atoms with Gasteiger partial charge in [0.15, 0.2) is 0 Å². The van der Waals surface area contributed by atoms with E-state index in [2.05, 4.69) is 17.2 Å². The number of methoxy groups -OCH3 is 1. The quantitative estimate of drug-likeness (QED) is 0.643. The van der Waals surface area contributed by atoms with Crippen LogP contribution in [-0.4, -0.2) is 37.9 Å². The van der Waals surface area contributed by atoms with E-state index in [1.807, 2.05) is 37.3 Å². The topological polar surface area (TPSA) is 42.5 Å². The van der Waals surface area contributed by atoms with Crippen molar-refractivity contribution in [3.8, 4) is 5.75 Å². The maximum absolute atomic E-state index is 13.7. The monoisotopic (exact) mass is 416 g/mol. The molecule has 1 fully saturated rings. The first kappa shape index (κ1) is 22.2. The fourth-order valence-corrected chi connectivity index (χ4v) is 4.12. The molecule has 0 bridgehead atoms. The lowest BCUT2D eigenvalue weighted by molar-refractivity contribution is 0.0121. The number of para-hydroxylation sites is 1. The Balaban J connectivity index is 1.74. The second-order valence-corrected chi connectivity index (χ2v) is 7.85. The average molecular weight is 417 g/mol. The Morgan fingerprint density at radius 3 is 2.53 bits per heavy atom. The van der Waals surface area contributed by atoms with Gasteiger partial charge in [0, 0.05) is 31.3 Å². The fourth-order valence-electron chi connectivity index (χ4n) is 4.12. The Morgan fingerprint density at radius 2 is 1.90 bits per heavy atom. The molecule has 0 saturated carbocycles. The Bertz CT molecular complexity index is 811. The molecule has 0 amide bonds. The Morgan fingerprint density at radius 1 is 1.20 bits per heavy atom. The second-order valence-electron chi connectivity index (χ2n) is 7.85. The van der Waals surface area contributed by atoms with Crippen LogP contribution in [-0.2, 0) is 11.2 Å². The summed E-state index contributed by atoms with van der Waals surface area (Å²) in [7, 11) is 1.66. The van der Waals surface area contributed by atoms with Crippen LogP contribution in [0.1, 0.15) is 25.3 Å². The standard InChI is InChI=1S/C24H30F2N2O2/c1-16(2)28-23(13-17-11-18(25)14-19(26)12-17)24(29-3)22-15-21(9-10-27-22)30-20-7-5-4-6-8-20/h4-8,11-12,14,21-24,27-28H,1,9-10,13,15H2,2-3H3. The molecule has 0 spiro atoms. The zero-order chi connectivity index (χ0) is 21.5. The van der Waals surface area contributed by atoms with Gasteiger partial charge in [-0.1, -0.05) is 24.8 Å². The van der Waals surface area contributed by atoms with Gasteiger partial charge in [-0.15, -0.1) is 0 Å². The zero-order valence-electron chi connectivity index (χ0n) is 17.5. The summed E-state index contributed by atoms with van der Waals surface area (Å²) in [4.78, 5) is 0. The van der Waals surface area contributed by atoms with Crippen molar-refractivity contribution in [2.45, 2.75) is 50.5 Å². The van der Waals surface area contributed by atoms with E-state index in [0.29, 0.717) is 12.0 Å². The van der Waals surface area contributed by atoms with Crippen LogP contribution in [0.25, 0.3) is 0 Å². The number of hydrogen-bond acceptors (Lipinski definition) is 4. The first-order chi connectivity index (χ1) is 14.4. The highest BCUT2D eigenvalue weighted by Crippen LogP contribution is 2.23. The van der Waals surface area contributed by atoms with Gasteiger partial charge < -0.3 is 20.1 Å². The molecule has 0 aromatic heterocycles. The molecule has 2 aromatic carbocycles. The highest BCUT2D eigenvalue weighted by Gasteiger charge is 2.34. The number of piperidine rings is 1. The predicted octanol–water partition coefficient (Wildman–Crippen LogP) is 4.21. The van der Waals surface area contributed by atoms with Gasteiger partial charge in [-0.3, -0.25) is 0 Å². The molecule has 4 nitrogen and oxygen atoms in total. The first-order valence-electron chi connectivity index (χ1n) is 10.3. The van der Waals surface area contributed by atoms with E-state index in [0.717, 1.165) is 36.9 Å². The molecule has 0 aliphatic carbocycles. The van der Waals surface area contributed by atoms with E-state index in [9.17, 15) is 8.78 Å². The summed E-state index contributed by atoms with van der Waals surface area (Å²) in [5.41, 5.74) is 1.34. The van der Waals surface area contributed by atoms with E-state index in [1.165, 1.54) is 12.1 Å². The number of rotatable bonds is 9. The molecule has 30 heavy (non-hydrogen) atoms. The minimum atomic E-state index is -0.583. The number of benzene rings is 2. The van der Waals surface area contributed by atoms with Gasteiger partial charge in [0.2, 0.25) is 0 Å². The third-order valence-corrected chi connectivity index (χ3v) is 5.31. The molecule has 1 aliphatic heterocycles. The van der Waals surface area contributed by atoms with Crippen LogP contribution < -0.4 is 15.4 Å².